The van der Waals surface area contributed by atoms with E-state index in [0.717, 1.165) is 0 Å². The maximum Gasteiger partial charge on any atom is 0.279 e. The van der Waals surface area contributed by atoms with E-state index in [-0.39, 0.29) is 30.2 Å². The maximum atomic E-state index is 13.0. The Morgan fingerprint density at radius 2 is 2.03 bits per heavy atom. The third-order valence-corrected chi connectivity index (χ3v) is 5.23. The number of nitrogens with zero attached hydrogens (tertiary/aromatic N) is 5. The SMILES string of the molecule is CNc1cc(Nc2cccn(-c3ccccn3)c2=O)nc2c(C(=O)NCC(C)(C)CO)cnn12. The van der Waals surface area contributed by atoms with Gasteiger partial charge in [-0.3, -0.25) is 14.2 Å². The third-order valence-electron chi connectivity index (χ3n) is 5.23. The second kappa shape index (κ2) is 9.32. The molecule has 0 bridgehead atoms. The number of carbonyl (C=O) groups is 1. The monoisotopic (exact) mass is 462 g/mol. The lowest BCUT2D eigenvalue weighted by atomic mass is 9.95. The highest BCUT2D eigenvalue weighted by atomic mass is 16.3. The molecule has 0 aliphatic carbocycles. The Balaban J connectivity index is 1.69. The number of amides is 1. The average molecular weight is 463 g/mol. The van der Waals surface area contributed by atoms with Gasteiger partial charge in [0.25, 0.3) is 11.5 Å². The Morgan fingerprint density at radius 3 is 2.74 bits per heavy atom. The van der Waals surface area contributed by atoms with Crippen molar-refractivity contribution < 1.29 is 9.90 Å². The average Bonchev–Trinajstić information content (AvgIpc) is 3.28. The van der Waals surface area contributed by atoms with Crippen LogP contribution in [0.5, 0.6) is 0 Å². The summed E-state index contributed by atoms with van der Waals surface area (Å²) in [5, 5.41) is 22.6. The molecule has 4 aromatic rings. The molecule has 0 atom stereocenters. The second-order valence-electron chi connectivity index (χ2n) is 8.49. The Hall–Kier alpha value is -4.25. The van der Waals surface area contributed by atoms with Gasteiger partial charge in [0.15, 0.2) is 5.65 Å². The van der Waals surface area contributed by atoms with E-state index >= 15 is 0 Å². The summed E-state index contributed by atoms with van der Waals surface area (Å²) in [6, 6.07) is 10.4. The van der Waals surface area contributed by atoms with Crippen LogP contribution in [0.4, 0.5) is 17.3 Å². The summed E-state index contributed by atoms with van der Waals surface area (Å²) in [7, 11) is 1.72. The van der Waals surface area contributed by atoms with Gasteiger partial charge in [0.1, 0.15) is 28.7 Å². The first-order valence-corrected chi connectivity index (χ1v) is 10.7. The van der Waals surface area contributed by atoms with Crippen LogP contribution in [-0.2, 0) is 0 Å². The number of fused-ring (bicyclic) bond motifs is 1. The van der Waals surface area contributed by atoms with Gasteiger partial charge >= 0.3 is 0 Å². The molecule has 0 saturated heterocycles. The van der Waals surface area contributed by atoms with Crippen molar-refractivity contribution in [3.05, 3.63) is 70.9 Å². The largest absolute Gasteiger partial charge is 0.396 e. The number of carbonyl (C=O) groups excluding carboxylic acids is 1. The summed E-state index contributed by atoms with van der Waals surface area (Å²) in [6.07, 6.45) is 4.69. The van der Waals surface area contributed by atoms with E-state index in [1.54, 1.807) is 55.8 Å². The van der Waals surface area contributed by atoms with E-state index < -0.39 is 5.41 Å². The van der Waals surface area contributed by atoms with Crippen molar-refractivity contribution >= 4 is 28.9 Å². The fourth-order valence-electron chi connectivity index (χ4n) is 3.24. The Bertz CT molecular complexity index is 1380. The normalized spacial score (nSPS) is 11.4. The number of rotatable bonds is 8. The first-order chi connectivity index (χ1) is 16.3. The zero-order chi connectivity index (χ0) is 24.3. The van der Waals surface area contributed by atoms with E-state index in [1.165, 1.54) is 15.3 Å². The summed E-state index contributed by atoms with van der Waals surface area (Å²) < 4.78 is 2.94. The molecule has 0 radical (unpaired) electrons. The summed E-state index contributed by atoms with van der Waals surface area (Å²) in [6.45, 7) is 3.92. The summed E-state index contributed by atoms with van der Waals surface area (Å²) in [5.74, 6) is 1.07. The van der Waals surface area contributed by atoms with Crippen LogP contribution in [-0.4, -0.2) is 55.4 Å². The number of hydrogen-bond donors (Lipinski definition) is 4. The zero-order valence-electron chi connectivity index (χ0n) is 19.1. The van der Waals surface area contributed by atoms with Crippen LogP contribution in [0.25, 0.3) is 11.5 Å². The summed E-state index contributed by atoms with van der Waals surface area (Å²) >= 11 is 0. The van der Waals surface area contributed by atoms with E-state index in [1.807, 2.05) is 13.8 Å². The highest BCUT2D eigenvalue weighted by Gasteiger charge is 2.21. The number of aliphatic hydroxyl groups excluding tert-OH is 1. The summed E-state index contributed by atoms with van der Waals surface area (Å²) in [5.41, 5.74) is 0.117. The number of anilines is 3. The molecule has 4 rings (SSSR count). The molecule has 11 nitrogen and oxygen atoms in total. The van der Waals surface area contributed by atoms with Gasteiger partial charge in [-0.2, -0.15) is 9.61 Å². The van der Waals surface area contributed by atoms with Crippen molar-refractivity contribution in [2.45, 2.75) is 13.8 Å². The quantitative estimate of drug-likeness (QED) is 0.311. The fraction of sp³-hybridized carbons (Fsp3) is 0.261. The molecule has 4 N–H and O–H groups in total. The molecule has 0 saturated carbocycles. The highest BCUT2D eigenvalue weighted by molar-refractivity contribution is 6.00. The topological polar surface area (TPSA) is 138 Å². The van der Waals surface area contributed by atoms with Gasteiger partial charge in [0.2, 0.25) is 0 Å². The van der Waals surface area contributed by atoms with E-state index in [9.17, 15) is 14.7 Å². The molecule has 0 spiro atoms. The van der Waals surface area contributed by atoms with Crippen molar-refractivity contribution in [1.29, 1.82) is 0 Å². The number of pyridine rings is 2. The predicted octanol–water partition coefficient (Wildman–Crippen LogP) is 1.81. The molecule has 176 valence electrons. The lowest BCUT2D eigenvalue weighted by Gasteiger charge is -2.21. The van der Waals surface area contributed by atoms with Crippen LogP contribution in [0.15, 0.2) is 59.8 Å². The molecule has 0 fully saturated rings. The smallest absolute Gasteiger partial charge is 0.279 e. The molecule has 34 heavy (non-hydrogen) atoms. The van der Waals surface area contributed by atoms with Crippen LogP contribution in [0, 0.1) is 5.41 Å². The zero-order valence-corrected chi connectivity index (χ0v) is 19.1. The standard InChI is InChI=1S/C23H26N8O3/c1-23(2,14-32)13-26-21(33)15-12-27-31-19(24-3)11-17(29-20(15)31)28-16-7-6-10-30(22(16)34)18-8-4-5-9-25-18/h4-12,24,32H,13-14H2,1-3H3,(H,26,33)(H,28,29). The van der Waals surface area contributed by atoms with Gasteiger partial charge < -0.3 is 21.1 Å². The van der Waals surface area contributed by atoms with Gasteiger partial charge in [-0.05, 0) is 24.3 Å². The minimum atomic E-state index is -0.463. The maximum absolute atomic E-state index is 13.0. The number of nitrogens with one attached hydrogen (secondary N) is 3. The van der Waals surface area contributed by atoms with Crippen molar-refractivity contribution in [2.24, 2.45) is 5.41 Å². The molecule has 4 heterocycles. The van der Waals surface area contributed by atoms with Gasteiger partial charge in [0.05, 0.1) is 6.20 Å². The van der Waals surface area contributed by atoms with Crippen LogP contribution in [0.3, 0.4) is 0 Å². The van der Waals surface area contributed by atoms with E-state index in [4.69, 9.17) is 0 Å². The molecular weight excluding hydrogens is 436 g/mol. The first-order valence-electron chi connectivity index (χ1n) is 10.7. The van der Waals surface area contributed by atoms with Gasteiger partial charge in [-0.1, -0.05) is 19.9 Å². The molecule has 0 aromatic carbocycles. The van der Waals surface area contributed by atoms with Gasteiger partial charge in [0, 0.05) is 44.1 Å². The number of hydrogen-bond acceptors (Lipinski definition) is 8. The Labute approximate surface area is 195 Å². The van der Waals surface area contributed by atoms with Crippen LogP contribution >= 0.6 is 0 Å². The third kappa shape index (κ3) is 4.59. The molecule has 11 heteroatoms. The number of aliphatic hydroxyl groups is 1. The fourth-order valence-corrected chi connectivity index (χ4v) is 3.24. The van der Waals surface area contributed by atoms with Gasteiger partial charge in [-0.15, -0.1) is 0 Å². The molecule has 1 amide bonds. The summed E-state index contributed by atoms with van der Waals surface area (Å²) in [4.78, 5) is 34.6. The van der Waals surface area contributed by atoms with Crippen LogP contribution in [0.2, 0.25) is 0 Å². The minimum Gasteiger partial charge on any atom is -0.396 e. The van der Waals surface area contributed by atoms with E-state index in [2.05, 4.69) is 31.0 Å². The van der Waals surface area contributed by atoms with Crippen molar-refractivity contribution in [1.82, 2.24) is 29.5 Å². The van der Waals surface area contributed by atoms with Crippen LogP contribution in [0.1, 0.15) is 24.2 Å². The van der Waals surface area contributed by atoms with Crippen LogP contribution < -0.4 is 21.5 Å². The highest BCUT2D eigenvalue weighted by Crippen LogP contribution is 2.21. The van der Waals surface area contributed by atoms with E-state index in [0.29, 0.717) is 28.8 Å². The number of aromatic nitrogens is 5. The molecule has 0 aliphatic rings. The van der Waals surface area contributed by atoms with Crippen molar-refractivity contribution in [3.63, 3.8) is 0 Å². The molecule has 4 aromatic heterocycles. The van der Waals surface area contributed by atoms with Crippen molar-refractivity contribution in [2.75, 3.05) is 30.8 Å². The first kappa shape index (κ1) is 22.9. The lowest BCUT2D eigenvalue weighted by Crippen LogP contribution is -2.36. The Kier molecular flexibility index (Phi) is 6.28. The molecule has 0 aliphatic heterocycles. The Morgan fingerprint density at radius 1 is 1.21 bits per heavy atom. The predicted molar refractivity (Wildman–Crippen MR) is 129 cm³/mol. The lowest BCUT2D eigenvalue weighted by molar-refractivity contribution is 0.0912. The molecular formula is C23H26N8O3. The van der Waals surface area contributed by atoms with Crippen molar-refractivity contribution in [3.8, 4) is 5.82 Å². The minimum absolute atomic E-state index is 0.0641. The second-order valence-corrected chi connectivity index (χ2v) is 8.49. The molecule has 0 unspecified atom stereocenters. The van der Waals surface area contributed by atoms with Gasteiger partial charge in [-0.25, -0.2) is 9.97 Å².